The van der Waals surface area contributed by atoms with E-state index in [0.717, 1.165) is 16.7 Å². The molecule has 0 heterocycles. The minimum atomic E-state index is -0.986. The molecule has 24 heavy (non-hydrogen) atoms. The summed E-state index contributed by atoms with van der Waals surface area (Å²) in [5.41, 5.74) is 3.73. The van der Waals surface area contributed by atoms with Gasteiger partial charge in [0.15, 0.2) is 0 Å². The first kappa shape index (κ1) is 18.0. The molecule has 0 unspecified atom stereocenters. The highest BCUT2D eigenvalue weighted by Gasteiger charge is 2.22. The molecule has 5 heteroatoms. The third-order valence-corrected chi connectivity index (χ3v) is 4.22. The number of carbonyl (C=O) groups excluding carboxylic acids is 1. The second-order valence-electron chi connectivity index (χ2n) is 5.92. The van der Waals surface area contributed by atoms with Gasteiger partial charge in [0.25, 0.3) is 0 Å². The van der Waals surface area contributed by atoms with E-state index < -0.39 is 11.9 Å². The fourth-order valence-electron chi connectivity index (χ4n) is 2.41. The summed E-state index contributed by atoms with van der Waals surface area (Å²) in [6.45, 7) is 3.96. The first-order chi connectivity index (χ1) is 11.3. The quantitative estimate of drug-likeness (QED) is 0.823. The Hall–Kier alpha value is -2.33. The summed E-state index contributed by atoms with van der Waals surface area (Å²) in [5.74, 6) is -2.07. The molecule has 0 bridgehead atoms. The van der Waals surface area contributed by atoms with Crippen molar-refractivity contribution in [2.75, 3.05) is 5.32 Å². The zero-order chi connectivity index (χ0) is 17.7. The van der Waals surface area contributed by atoms with Crippen molar-refractivity contribution in [3.63, 3.8) is 0 Å². The maximum atomic E-state index is 12.2. The number of amides is 1. The largest absolute Gasteiger partial charge is 0.481 e. The Balaban J connectivity index is 2.01. The summed E-state index contributed by atoms with van der Waals surface area (Å²) in [6.07, 6.45) is 0.206. The van der Waals surface area contributed by atoms with Crippen LogP contribution in [-0.2, 0) is 16.0 Å². The van der Waals surface area contributed by atoms with Gasteiger partial charge in [0.2, 0.25) is 5.91 Å². The Morgan fingerprint density at radius 1 is 1.08 bits per heavy atom. The molecule has 2 N–H and O–H groups in total. The number of hydrogen-bond acceptors (Lipinski definition) is 2. The van der Waals surface area contributed by atoms with Gasteiger partial charge in [0.05, 0.1) is 5.92 Å². The van der Waals surface area contributed by atoms with Gasteiger partial charge < -0.3 is 10.4 Å². The summed E-state index contributed by atoms with van der Waals surface area (Å²) in [7, 11) is 0. The van der Waals surface area contributed by atoms with Crippen LogP contribution in [0.4, 0.5) is 5.69 Å². The number of carbonyl (C=O) groups is 2. The van der Waals surface area contributed by atoms with Crippen LogP contribution in [-0.4, -0.2) is 17.0 Å². The summed E-state index contributed by atoms with van der Waals surface area (Å²) >= 11 is 5.83. The van der Waals surface area contributed by atoms with Crippen molar-refractivity contribution in [3.05, 3.63) is 64.2 Å². The first-order valence-corrected chi connectivity index (χ1v) is 8.07. The minimum Gasteiger partial charge on any atom is -0.481 e. The molecule has 0 radical (unpaired) electrons. The number of aryl methyl sites for hydroxylation is 2. The van der Waals surface area contributed by atoms with Crippen LogP contribution < -0.4 is 5.32 Å². The predicted octanol–water partition coefficient (Wildman–Crippen LogP) is 4.23. The average Bonchev–Trinajstić information content (AvgIpc) is 2.52. The lowest BCUT2D eigenvalue weighted by molar-refractivity contribution is -0.143. The Morgan fingerprint density at radius 3 is 2.33 bits per heavy atom. The Bertz CT molecular complexity index is 741. The Labute approximate surface area is 146 Å². The molecule has 2 rings (SSSR count). The number of rotatable bonds is 6. The van der Waals surface area contributed by atoms with Crippen LogP contribution in [0.15, 0.2) is 42.5 Å². The smallest absolute Gasteiger partial charge is 0.307 e. The van der Waals surface area contributed by atoms with Gasteiger partial charge in [-0.25, -0.2) is 0 Å². The van der Waals surface area contributed by atoms with Crippen molar-refractivity contribution in [3.8, 4) is 0 Å². The molecule has 0 spiro atoms. The normalized spacial score (nSPS) is 11.8. The van der Waals surface area contributed by atoms with Crippen LogP contribution >= 0.6 is 11.6 Å². The van der Waals surface area contributed by atoms with Crippen molar-refractivity contribution < 1.29 is 14.7 Å². The van der Waals surface area contributed by atoms with E-state index in [2.05, 4.69) is 5.32 Å². The number of halogens is 1. The van der Waals surface area contributed by atoms with Gasteiger partial charge in [-0.2, -0.15) is 0 Å². The van der Waals surface area contributed by atoms with Crippen LogP contribution in [0.5, 0.6) is 0 Å². The van der Waals surface area contributed by atoms with E-state index in [1.54, 1.807) is 24.3 Å². The molecule has 2 aromatic carbocycles. The molecular weight excluding hydrogens is 326 g/mol. The minimum absolute atomic E-state index is 0.0785. The topological polar surface area (TPSA) is 66.4 Å². The second kappa shape index (κ2) is 7.97. The molecule has 0 saturated carbocycles. The maximum Gasteiger partial charge on any atom is 0.307 e. The first-order valence-electron chi connectivity index (χ1n) is 7.69. The molecular formula is C19H20ClNO3. The number of carboxylic acids is 1. The van der Waals surface area contributed by atoms with E-state index in [1.807, 2.05) is 32.0 Å². The highest BCUT2D eigenvalue weighted by Crippen LogP contribution is 2.18. The lowest BCUT2D eigenvalue weighted by Crippen LogP contribution is -2.24. The average molecular weight is 346 g/mol. The zero-order valence-corrected chi connectivity index (χ0v) is 14.4. The van der Waals surface area contributed by atoms with Gasteiger partial charge in [-0.3, -0.25) is 9.59 Å². The SMILES string of the molecule is Cc1ccc(NC(=O)C[C@@H](Cc2ccc(Cl)cc2)C(=O)O)cc1C. The van der Waals surface area contributed by atoms with E-state index in [0.29, 0.717) is 10.7 Å². The van der Waals surface area contributed by atoms with E-state index in [-0.39, 0.29) is 18.7 Å². The van der Waals surface area contributed by atoms with E-state index in [1.165, 1.54) is 0 Å². The van der Waals surface area contributed by atoms with Gasteiger partial charge in [0.1, 0.15) is 0 Å². The number of hydrogen-bond donors (Lipinski definition) is 2. The van der Waals surface area contributed by atoms with Gasteiger partial charge in [-0.15, -0.1) is 0 Å². The van der Waals surface area contributed by atoms with Crippen LogP contribution in [0, 0.1) is 19.8 Å². The number of carboxylic acid groups (broad SMARTS) is 1. The molecule has 2 aromatic rings. The van der Waals surface area contributed by atoms with Crippen LogP contribution in [0.3, 0.4) is 0 Å². The predicted molar refractivity (Wildman–Crippen MR) is 95.4 cm³/mol. The van der Waals surface area contributed by atoms with Gasteiger partial charge in [0, 0.05) is 17.1 Å². The highest BCUT2D eigenvalue weighted by molar-refractivity contribution is 6.30. The molecule has 126 valence electrons. The van der Waals surface area contributed by atoms with E-state index in [9.17, 15) is 14.7 Å². The van der Waals surface area contributed by atoms with Crippen molar-refractivity contribution >= 4 is 29.2 Å². The van der Waals surface area contributed by atoms with Gasteiger partial charge in [-0.05, 0) is 61.2 Å². The van der Waals surface area contributed by atoms with E-state index >= 15 is 0 Å². The molecule has 0 aromatic heterocycles. The van der Waals surface area contributed by atoms with Gasteiger partial charge in [-0.1, -0.05) is 29.8 Å². The number of aliphatic carboxylic acids is 1. The Morgan fingerprint density at radius 2 is 1.75 bits per heavy atom. The monoisotopic (exact) mass is 345 g/mol. The van der Waals surface area contributed by atoms with Crippen molar-refractivity contribution in [2.45, 2.75) is 26.7 Å². The third-order valence-electron chi connectivity index (χ3n) is 3.97. The summed E-state index contributed by atoms with van der Waals surface area (Å²) in [5, 5.41) is 12.7. The Kier molecular flexibility index (Phi) is 5.99. The molecule has 1 atom stereocenters. The fourth-order valence-corrected chi connectivity index (χ4v) is 2.53. The van der Waals surface area contributed by atoms with Gasteiger partial charge >= 0.3 is 5.97 Å². The van der Waals surface area contributed by atoms with Crippen molar-refractivity contribution in [1.82, 2.24) is 0 Å². The summed E-state index contributed by atoms with van der Waals surface area (Å²) in [6, 6.07) is 12.6. The molecule has 0 aliphatic heterocycles. The zero-order valence-electron chi connectivity index (χ0n) is 13.7. The molecule has 0 aliphatic carbocycles. The molecule has 0 fully saturated rings. The molecule has 0 aliphatic rings. The maximum absolute atomic E-state index is 12.2. The van der Waals surface area contributed by atoms with Crippen LogP contribution in [0.1, 0.15) is 23.1 Å². The number of anilines is 1. The summed E-state index contributed by atoms with van der Waals surface area (Å²) in [4.78, 5) is 23.6. The van der Waals surface area contributed by atoms with Crippen molar-refractivity contribution in [2.24, 2.45) is 5.92 Å². The van der Waals surface area contributed by atoms with E-state index in [4.69, 9.17) is 11.6 Å². The lowest BCUT2D eigenvalue weighted by atomic mass is 9.96. The molecule has 1 amide bonds. The third kappa shape index (κ3) is 5.10. The number of nitrogens with one attached hydrogen (secondary N) is 1. The molecule has 0 saturated heterocycles. The summed E-state index contributed by atoms with van der Waals surface area (Å²) < 4.78 is 0. The molecule has 4 nitrogen and oxygen atoms in total. The standard InChI is InChI=1S/C19H20ClNO3/c1-12-3-8-17(9-13(12)2)21-18(22)11-15(19(23)24)10-14-4-6-16(20)7-5-14/h3-9,15H,10-11H2,1-2H3,(H,21,22)(H,23,24)/t15-/m1/s1. The lowest BCUT2D eigenvalue weighted by Gasteiger charge is -2.13. The van der Waals surface area contributed by atoms with Crippen LogP contribution in [0.25, 0.3) is 0 Å². The highest BCUT2D eigenvalue weighted by atomic mass is 35.5. The van der Waals surface area contributed by atoms with Crippen LogP contribution in [0.2, 0.25) is 5.02 Å². The number of benzene rings is 2. The van der Waals surface area contributed by atoms with Crippen molar-refractivity contribution in [1.29, 1.82) is 0 Å². The second-order valence-corrected chi connectivity index (χ2v) is 6.35. The fraction of sp³-hybridized carbons (Fsp3) is 0.263.